The second kappa shape index (κ2) is 3.72. The fourth-order valence-corrected chi connectivity index (χ4v) is 1.92. The molecule has 0 unspecified atom stereocenters. The summed E-state index contributed by atoms with van der Waals surface area (Å²) in [6, 6.07) is 2.04. The molecule has 0 aromatic carbocycles. The normalized spacial score (nSPS) is 10.5. The lowest BCUT2D eigenvalue weighted by molar-refractivity contribution is 0.300. The van der Waals surface area contributed by atoms with Gasteiger partial charge >= 0.3 is 0 Å². The third kappa shape index (κ3) is 1.64. The van der Waals surface area contributed by atoms with E-state index in [0.29, 0.717) is 6.42 Å². The minimum atomic E-state index is 0.163. The van der Waals surface area contributed by atoms with E-state index in [9.17, 15) is 0 Å². The van der Waals surface area contributed by atoms with Gasteiger partial charge in [0.15, 0.2) is 0 Å². The van der Waals surface area contributed by atoms with Crippen LogP contribution in [0.15, 0.2) is 23.0 Å². The van der Waals surface area contributed by atoms with E-state index in [1.54, 1.807) is 17.5 Å². The summed E-state index contributed by atoms with van der Waals surface area (Å²) < 4.78 is 0. The van der Waals surface area contributed by atoms with Gasteiger partial charge in [0.2, 0.25) is 0 Å². The molecule has 0 atom stereocenters. The first-order valence-corrected chi connectivity index (χ1v) is 5.02. The molecule has 0 aliphatic heterocycles. The van der Waals surface area contributed by atoms with Crippen molar-refractivity contribution in [1.29, 1.82) is 0 Å². The molecule has 0 amide bonds. The third-order valence-electron chi connectivity index (χ3n) is 1.91. The van der Waals surface area contributed by atoms with Crippen LogP contribution in [0.3, 0.4) is 0 Å². The summed E-state index contributed by atoms with van der Waals surface area (Å²) in [6.45, 7) is 0.163. The van der Waals surface area contributed by atoms with Gasteiger partial charge in [-0.2, -0.15) is 16.4 Å². The number of thiophene rings is 1. The van der Waals surface area contributed by atoms with Gasteiger partial charge < -0.3 is 5.11 Å². The number of aliphatic hydroxyl groups is 1. The first-order valence-electron chi connectivity index (χ1n) is 4.07. The first kappa shape index (κ1) is 8.47. The van der Waals surface area contributed by atoms with Gasteiger partial charge in [0.1, 0.15) is 0 Å². The molecule has 2 rings (SSSR count). The van der Waals surface area contributed by atoms with Crippen LogP contribution in [0.4, 0.5) is 0 Å². The molecule has 0 aliphatic carbocycles. The molecule has 0 bridgehead atoms. The van der Waals surface area contributed by atoms with E-state index in [2.05, 4.69) is 15.6 Å². The Morgan fingerprint density at radius 3 is 3.15 bits per heavy atom. The molecule has 0 aliphatic rings. The van der Waals surface area contributed by atoms with Crippen LogP contribution in [0.1, 0.15) is 5.56 Å². The highest BCUT2D eigenvalue weighted by Crippen LogP contribution is 2.23. The fraction of sp³-hybridized carbons (Fsp3) is 0.222. The topological polar surface area (TPSA) is 48.9 Å². The molecule has 68 valence electrons. The Labute approximate surface area is 80.1 Å². The largest absolute Gasteiger partial charge is 0.396 e. The summed E-state index contributed by atoms with van der Waals surface area (Å²) in [5.74, 6) is 0. The van der Waals surface area contributed by atoms with Crippen molar-refractivity contribution < 1.29 is 5.11 Å². The van der Waals surface area contributed by atoms with E-state index in [1.807, 2.05) is 11.4 Å². The molecule has 0 saturated heterocycles. The Bertz CT molecular complexity index is 367. The monoisotopic (exact) mass is 194 g/mol. The Balaban J connectivity index is 2.35. The van der Waals surface area contributed by atoms with Gasteiger partial charge in [-0.1, -0.05) is 0 Å². The third-order valence-corrected chi connectivity index (χ3v) is 2.59. The van der Waals surface area contributed by atoms with Gasteiger partial charge in [0.25, 0.3) is 0 Å². The van der Waals surface area contributed by atoms with E-state index in [1.165, 1.54) is 0 Å². The zero-order chi connectivity index (χ0) is 9.10. The zero-order valence-corrected chi connectivity index (χ0v) is 7.84. The molecule has 2 aromatic rings. The summed E-state index contributed by atoms with van der Waals surface area (Å²) in [6.07, 6.45) is 2.42. The van der Waals surface area contributed by atoms with Crippen LogP contribution in [0, 0.1) is 0 Å². The lowest BCUT2D eigenvalue weighted by atomic mass is 10.1. The Morgan fingerprint density at radius 2 is 2.46 bits per heavy atom. The lowest BCUT2D eigenvalue weighted by Gasteiger charge is -1.97. The standard InChI is InChI=1S/C9H10N2OS/c12-3-1-7-5-10-11-9(7)8-2-4-13-6-8/h2,4-6,12H,1,3H2,(H,10,11). The van der Waals surface area contributed by atoms with Crippen molar-refractivity contribution in [2.75, 3.05) is 6.61 Å². The van der Waals surface area contributed by atoms with Crippen LogP contribution >= 0.6 is 11.3 Å². The van der Waals surface area contributed by atoms with Crippen LogP contribution in [0.5, 0.6) is 0 Å². The van der Waals surface area contributed by atoms with Crippen molar-refractivity contribution in [2.45, 2.75) is 6.42 Å². The van der Waals surface area contributed by atoms with E-state index in [4.69, 9.17) is 5.11 Å². The van der Waals surface area contributed by atoms with Gasteiger partial charge in [0.05, 0.1) is 11.9 Å². The van der Waals surface area contributed by atoms with Gasteiger partial charge in [-0.3, -0.25) is 5.10 Å². The fourth-order valence-electron chi connectivity index (χ4n) is 1.28. The number of aromatic amines is 1. The molecule has 13 heavy (non-hydrogen) atoms. The highest BCUT2D eigenvalue weighted by atomic mass is 32.1. The second-order valence-electron chi connectivity index (χ2n) is 2.76. The van der Waals surface area contributed by atoms with Crippen LogP contribution in [-0.2, 0) is 6.42 Å². The average molecular weight is 194 g/mol. The van der Waals surface area contributed by atoms with E-state index >= 15 is 0 Å². The number of hydrogen-bond donors (Lipinski definition) is 2. The number of nitrogens with one attached hydrogen (secondary N) is 1. The highest BCUT2D eigenvalue weighted by Gasteiger charge is 2.06. The first-order chi connectivity index (χ1) is 6.42. The predicted octanol–water partition coefficient (Wildman–Crippen LogP) is 1.67. The summed E-state index contributed by atoms with van der Waals surface area (Å²) in [7, 11) is 0. The molecule has 4 heteroatoms. The zero-order valence-electron chi connectivity index (χ0n) is 7.03. The number of rotatable bonds is 3. The second-order valence-corrected chi connectivity index (χ2v) is 3.54. The van der Waals surface area contributed by atoms with Crippen molar-refractivity contribution in [3.05, 3.63) is 28.6 Å². The van der Waals surface area contributed by atoms with Crippen molar-refractivity contribution in [3.63, 3.8) is 0 Å². The number of H-pyrrole nitrogens is 1. The summed E-state index contributed by atoms with van der Waals surface area (Å²) in [5.41, 5.74) is 3.24. The van der Waals surface area contributed by atoms with Crippen molar-refractivity contribution in [3.8, 4) is 11.3 Å². The van der Waals surface area contributed by atoms with Crippen LogP contribution in [-0.4, -0.2) is 21.9 Å². The van der Waals surface area contributed by atoms with Crippen LogP contribution in [0.2, 0.25) is 0 Å². The Hall–Kier alpha value is -1.13. The molecule has 2 N–H and O–H groups in total. The molecule has 3 nitrogen and oxygen atoms in total. The molecule has 0 spiro atoms. The molecule has 0 saturated carbocycles. The number of hydrogen-bond acceptors (Lipinski definition) is 3. The summed E-state index contributed by atoms with van der Waals surface area (Å²) >= 11 is 1.65. The number of aliphatic hydroxyl groups excluding tert-OH is 1. The smallest absolute Gasteiger partial charge is 0.0691 e. The van der Waals surface area contributed by atoms with Crippen molar-refractivity contribution >= 4 is 11.3 Å². The Kier molecular flexibility index (Phi) is 2.42. The van der Waals surface area contributed by atoms with Gasteiger partial charge in [-0.15, -0.1) is 0 Å². The average Bonchev–Trinajstić information content (AvgIpc) is 2.71. The maximum atomic E-state index is 8.82. The summed E-state index contributed by atoms with van der Waals surface area (Å²) in [5, 5.41) is 19.8. The molecule has 0 radical (unpaired) electrons. The molecular formula is C9H10N2OS. The SMILES string of the molecule is OCCc1cn[nH]c1-c1ccsc1. The van der Waals surface area contributed by atoms with E-state index < -0.39 is 0 Å². The Morgan fingerprint density at radius 1 is 1.54 bits per heavy atom. The maximum absolute atomic E-state index is 8.82. The van der Waals surface area contributed by atoms with Gasteiger partial charge in [-0.05, 0) is 17.9 Å². The van der Waals surface area contributed by atoms with Crippen molar-refractivity contribution in [1.82, 2.24) is 10.2 Å². The molecule has 0 fully saturated rings. The van der Waals surface area contributed by atoms with Gasteiger partial charge in [0, 0.05) is 23.1 Å². The van der Waals surface area contributed by atoms with Crippen LogP contribution < -0.4 is 0 Å². The van der Waals surface area contributed by atoms with Crippen molar-refractivity contribution in [2.24, 2.45) is 0 Å². The maximum Gasteiger partial charge on any atom is 0.0691 e. The number of aromatic nitrogens is 2. The van der Waals surface area contributed by atoms with Crippen LogP contribution in [0.25, 0.3) is 11.3 Å². The minimum Gasteiger partial charge on any atom is -0.396 e. The minimum absolute atomic E-state index is 0.163. The highest BCUT2D eigenvalue weighted by molar-refractivity contribution is 7.08. The quantitative estimate of drug-likeness (QED) is 0.781. The molecular weight excluding hydrogens is 184 g/mol. The molecule has 2 aromatic heterocycles. The van der Waals surface area contributed by atoms with E-state index in [-0.39, 0.29) is 6.61 Å². The van der Waals surface area contributed by atoms with E-state index in [0.717, 1.165) is 16.8 Å². The predicted molar refractivity (Wildman–Crippen MR) is 52.7 cm³/mol. The number of nitrogens with zero attached hydrogens (tertiary/aromatic N) is 1. The lowest BCUT2D eigenvalue weighted by Crippen LogP contribution is -1.90. The molecule has 2 heterocycles. The van der Waals surface area contributed by atoms with Gasteiger partial charge in [-0.25, -0.2) is 0 Å². The summed E-state index contributed by atoms with van der Waals surface area (Å²) in [4.78, 5) is 0.